The molecule has 0 aromatic heterocycles. The number of benzene rings is 2. The Balaban J connectivity index is 1.99. The van der Waals surface area contributed by atoms with Crippen molar-refractivity contribution < 1.29 is 13.2 Å². The lowest BCUT2D eigenvalue weighted by Crippen LogP contribution is -2.21. The summed E-state index contributed by atoms with van der Waals surface area (Å²) in [4.78, 5) is 2.24. The zero-order valence-electron chi connectivity index (χ0n) is 15.3. The van der Waals surface area contributed by atoms with Gasteiger partial charge in [-0.3, -0.25) is 0 Å². The van der Waals surface area contributed by atoms with Gasteiger partial charge in [-0.2, -0.15) is 13.2 Å². The summed E-state index contributed by atoms with van der Waals surface area (Å²) < 4.78 is 38.2. The van der Waals surface area contributed by atoms with Crippen molar-refractivity contribution >= 4 is 22.9 Å². The highest BCUT2D eigenvalue weighted by Gasteiger charge is 2.29. The van der Waals surface area contributed by atoms with E-state index in [2.05, 4.69) is 36.8 Å². The molecular formula is C23H20F3N. The Morgan fingerprint density at radius 1 is 1.00 bits per heavy atom. The molecule has 0 radical (unpaired) electrons. The van der Waals surface area contributed by atoms with E-state index in [9.17, 15) is 13.2 Å². The maximum Gasteiger partial charge on any atom is 0.416 e. The van der Waals surface area contributed by atoms with Crippen LogP contribution in [0.3, 0.4) is 0 Å². The second-order valence-electron chi connectivity index (χ2n) is 6.32. The van der Waals surface area contributed by atoms with Gasteiger partial charge in [0.1, 0.15) is 0 Å². The first-order valence-corrected chi connectivity index (χ1v) is 8.84. The largest absolute Gasteiger partial charge is 0.416 e. The first-order valence-electron chi connectivity index (χ1n) is 8.84. The number of allylic oxidation sites excluding steroid dienone is 3. The monoisotopic (exact) mass is 367 g/mol. The summed E-state index contributed by atoms with van der Waals surface area (Å²) in [6, 6.07) is 11.3. The highest BCUT2D eigenvalue weighted by atomic mass is 19.4. The molecule has 0 aliphatic heterocycles. The highest BCUT2D eigenvalue weighted by molar-refractivity contribution is 6.05. The molecule has 138 valence electrons. The Hall–Kier alpha value is -2.93. The van der Waals surface area contributed by atoms with Gasteiger partial charge in [0.25, 0.3) is 0 Å². The second kappa shape index (κ2) is 7.36. The number of halogens is 3. The van der Waals surface area contributed by atoms with Crippen LogP contribution in [0.4, 0.5) is 18.9 Å². The van der Waals surface area contributed by atoms with Crippen molar-refractivity contribution in [3.8, 4) is 12.3 Å². The molecule has 0 heterocycles. The van der Waals surface area contributed by atoms with Crippen LogP contribution in [0.1, 0.15) is 36.1 Å². The zero-order valence-corrected chi connectivity index (χ0v) is 15.3. The molecule has 0 spiro atoms. The predicted molar refractivity (Wildman–Crippen MR) is 106 cm³/mol. The molecule has 0 atom stereocenters. The minimum Gasteiger partial charge on any atom is -0.372 e. The summed E-state index contributed by atoms with van der Waals surface area (Å²) in [5, 5.41) is 0. The van der Waals surface area contributed by atoms with Crippen molar-refractivity contribution in [2.75, 3.05) is 18.0 Å². The molecule has 2 aromatic rings. The van der Waals surface area contributed by atoms with Gasteiger partial charge in [-0.05, 0) is 72.5 Å². The lowest BCUT2D eigenvalue weighted by atomic mass is 10.0. The maximum atomic E-state index is 12.7. The first-order chi connectivity index (χ1) is 12.9. The summed E-state index contributed by atoms with van der Waals surface area (Å²) >= 11 is 0. The number of hydrogen-bond donors (Lipinski definition) is 0. The molecule has 0 N–H and O–H groups in total. The zero-order chi connectivity index (χ0) is 19.6. The number of fused-ring (bicyclic) bond motifs is 1. The van der Waals surface area contributed by atoms with Crippen molar-refractivity contribution in [2.24, 2.45) is 0 Å². The molecule has 0 unspecified atom stereocenters. The number of rotatable bonds is 4. The van der Waals surface area contributed by atoms with Crippen LogP contribution >= 0.6 is 0 Å². The van der Waals surface area contributed by atoms with Gasteiger partial charge in [0, 0.05) is 24.4 Å². The van der Waals surface area contributed by atoms with E-state index in [0.717, 1.165) is 53.2 Å². The van der Waals surface area contributed by atoms with Crippen molar-refractivity contribution in [3.05, 3.63) is 70.8 Å². The van der Waals surface area contributed by atoms with Gasteiger partial charge in [0.15, 0.2) is 0 Å². The van der Waals surface area contributed by atoms with Crippen LogP contribution in [0.25, 0.3) is 17.2 Å². The van der Waals surface area contributed by atoms with Crippen LogP contribution in [0.2, 0.25) is 0 Å². The highest BCUT2D eigenvalue weighted by Crippen LogP contribution is 2.38. The molecule has 27 heavy (non-hydrogen) atoms. The van der Waals surface area contributed by atoms with Crippen LogP contribution in [0, 0.1) is 12.3 Å². The van der Waals surface area contributed by atoms with E-state index in [-0.39, 0.29) is 0 Å². The van der Waals surface area contributed by atoms with Crippen LogP contribution in [-0.2, 0) is 6.18 Å². The smallest absolute Gasteiger partial charge is 0.372 e. The Morgan fingerprint density at radius 3 is 2.22 bits per heavy atom. The Kier molecular flexibility index (Phi) is 5.14. The van der Waals surface area contributed by atoms with Crippen molar-refractivity contribution in [1.82, 2.24) is 0 Å². The summed E-state index contributed by atoms with van der Waals surface area (Å²) in [5.74, 6) is 2.72. The van der Waals surface area contributed by atoms with Gasteiger partial charge >= 0.3 is 6.18 Å². The Bertz CT molecular complexity index is 937. The van der Waals surface area contributed by atoms with E-state index in [0.29, 0.717) is 5.56 Å². The summed E-state index contributed by atoms with van der Waals surface area (Å²) in [6.45, 7) is 6.01. The molecule has 2 aromatic carbocycles. The van der Waals surface area contributed by atoms with Crippen LogP contribution < -0.4 is 4.90 Å². The molecule has 3 rings (SSSR count). The normalized spacial score (nSPS) is 14.7. The molecular weight excluding hydrogens is 347 g/mol. The van der Waals surface area contributed by atoms with Gasteiger partial charge in [0.2, 0.25) is 0 Å². The van der Waals surface area contributed by atoms with Gasteiger partial charge in [-0.1, -0.05) is 24.1 Å². The third-order valence-corrected chi connectivity index (χ3v) is 4.75. The average Bonchev–Trinajstić information content (AvgIpc) is 2.99. The molecule has 1 aliphatic carbocycles. The van der Waals surface area contributed by atoms with Crippen LogP contribution in [0.15, 0.2) is 48.5 Å². The van der Waals surface area contributed by atoms with Gasteiger partial charge in [-0.25, -0.2) is 0 Å². The first kappa shape index (κ1) is 18.8. The molecule has 1 aliphatic rings. The number of nitrogens with zero attached hydrogens (tertiary/aromatic N) is 1. The van der Waals surface area contributed by atoms with E-state index in [1.807, 2.05) is 18.2 Å². The predicted octanol–water partition coefficient (Wildman–Crippen LogP) is 6.12. The lowest BCUT2D eigenvalue weighted by molar-refractivity contribution is -0.137. The van der Waals surface area contributed by atoms with Gasteiger partial charge in [0.05, 0.1) is 5.56 Å². The molecule has 0 saturated carbocycles. The quantitative estimate of drug-likeness (QED) is 0.588. The summed E-state index contributed by atoms with van der Waals surface area (Å²) in [7, 11) is 0. The fourth-order valence-corrected chi connectivity index (χ4v) is 3.29. The summed E-state index contributed by atoms with van der Waals surface area (Å²) in [6.07, 6.45) is 5.12. The topological polar surface area (TPSA) is 3.24 Å². The number of anilines is 1. The standard InChI is InChI=1S/C23H20F3N/c1-4-17-14-18(13-16-7-9-19(10-8-16)23(24,25)26)21-12-11-20(15-22(17)21)27(5-2)6-3/h1,7-15H,5-6H2,2-3H3. The van der Waals surface area contributed by atoms with E-state index < -0.39 is 11.7 Å². The third kappa shape index (κ3) is 3.78. The molecule has 0 saturated heterocycles. The maximum absolute atomic E-state index is 12.7. The van der Waals surface area contributed by atoms with Crippen molar-refractivity contribution in [2.45, 2.75) is 20.0 Å². The van der Waals surface area contributed by atoms with E-state index in [1.165, 1.54) is 12.1 Å². The van der Waals surface area contributed by atoms with Crippen molar-refractivity contribution in [1.29, 1.82) is 0 Å². The number of alkyl halides is 3. The minimum absolute atomic E-state index is 0.653. The molecule has 0 bridgehead atoms. The fraction of sp³-hybridized carbons (Fsp3) is 0.217. The second-order valence-corrected chi connectivity index (χ2v) is 6.32. The average molecular weight is 367 g/mol. The number of hydrogen-bond acceptors (Lipinski definition) is 1. The SMILES string of the molecule is C#CC1=CC(=Cc2ccc(C(F)(F)F)cc2)c2ccc(N(CC)CC)cc21. The van der Waals surface area contributed by atoms with E-state index in [1.54, 1.807) is 0 Å². The molecule has 0 fully saturated rings. The Morgan fingerprint density at radius 2 is 1.67 bits per heavy atom. The van der Waals surface area contributed by atoms with Crippen LogP contribution in [-0.4, -0.2) is 13.1 Å². The molecule has 0 amide bonds. The van der Waals surface area contributed by atoms with Crippen molar-refractivity contribution in [3.63, 3.8) is 0 Å². The van der Waals surface area contributed by atoms with E-state index in [4.69, 9.17) is 6.42 Å². The van der Waals surface area contributed by atoms with E-state index >= 15 is 0 Å². The third-order valence-electron chi connectivity index (χ3n) is 4.75. The lowest BCUT2D eigenvalue weighted by Gasteiger charge is -2.22. The molecule has 4 heteroatoms. The molecule has 1 nitrogen and oxygen atoms in total. The minimum atomic E-state index is -4.33. The van der Waals surface area contributed by atoms with Gasteiger partial charge in [-0.15, -0.1) is 6.42 Å². The van der Waals surface area contributed by atoms with Gasteiger partial charge < -0.3 is 4.90 Å². The fourth-order valence-electron chi connectivity index (χ4n) is 3.29. The number of terminal acetylenes is 1. The van der Waals surface area contributed by atoms with Crippen LogP contribution in [0.5, 0.6) is 0 Å². The Labute approximate surface area is 157 Å². The summed E-state index contributed by atoms with van der Waals surface area (Å²) in [5.41, 5.74) is 4.84.